The summed E-state index contributed by atoms with van der Waals surface area (Å²) < 4.78 is 7.02. The molecule has 0 aliphatic heterocycles. The molecule has 1 aromatic carbocycles. The average molecular weight is 355 g/mol. The van der Waals surface area contributed by atoms with Crippen molar-refractivity contribution in [3.8, 4) is 5.75 Å². The highest BCUT2D eigenvalue weighted by molar-refractivity contribution is 9.10. The van der Waals surface area contributed by atoms with Gasteiger partial charge in [-0.2, -0.15) is 0 Å². The highest BCUT2D eigenvalue weighted by atomic mass is 79.9. The minimum Gasteiger partial charge on any atom is -0.487 e. The molecule has 0 radical (unpaired) electrons. The second-order valence-corrected chi connectivity index (χ2v) is 6.75. The fraction of sp³-hybridized carbons (Fsp3) is 0.400. The Labute approximate surface area is 132 Å². The Morgan fingerprint density at radius 2 is 2.20 bits per heavy atom. The zero-order chi connectivity index (χ0) is 14.5. The number of hydrogen-bond acceptors (Lipinski definition) is 4. The number of rotatable bonds is 6. The largest absolute Gasteiger partial charge is 0.487 e. The van der Waals surface area contributed by atoms with E-state index in [0.717, 1.165) is 27.5 Å². The normalized spacial score (nSPS) is 11.1. The molecule has 0 saturated heterocycles. The Morgan fingerprint density at radius 1 is 1.40 bits per heavy atom. The number of halogens is 1. The Balaban J connectivity index is 2.06. The molecular weight excluding hydrogens is 336 g/mol. The van der Waals surface area contributed by atoms with Gasteiger partial charge < -0.3 is 10.1 Å². The van der Waals surface area contributed by atoms with Crippen molar-refractivity contribution in [1.29, 1.82) is 0 Å². The summed E-state index contributed by atoms with van der Waals surface area (Å²) in [5.41, 5.74) is 2.20. The molecular formula is C15H19BrN2OS. The van der Waals surface area contributed by atoms with Crippen LogP contribution in [-0.4, -0.2) is 12.0 Å². The predicted molar refractivity (Wildman–Crippen MR) is 87.4 cm³/mol. The van der Waals surface area contributed by atoms with E-state index >= 15 is 0 Å². The molecule has 2 aromatic rings. The maximum Gasteiger partial charge on any atom is 0.131 e. The van der Waals surface area contributed by atoms with Crippen LogP contribution < -0.4 is 10.1 Å². The van der Waals surface area contributed by atoms with E-state index in [9.17, 15) is 0 Å². The van der Waals surface area contributed by atoms with Gasteiger partial charge in [-0.3, -0.25) is 0 Å². The van der Waals surface area contributed by atoms with Gasteiger partial charge in [0.25, 0.3) is 0 Å². The van der Waals surface area contributed by atoms with Crippen LogP contribution >= 0.6 is 27.3 Å². The van der Waals surface area contributed by atoms with E-state index in [4.69, 9.17) is 4.74 Å². The number of benzene rings is 1. The molecule has 2 rings (SSSR count). The monoisotopic (exact) mass is 354 g/mol. The summed E-state index contributed by atoms with van der Waals surface area (Å²) in [6.07, 6.45) is 0. The summed E-state index contributed by atoms with van der Waals surface area (Å²) >= 11 is 5.17. The van der Waals surface area contributed by atoms with Gasteiger partial charge in [0.05, 0.1) is 5.69 Å². The Kier molecular flexibility index (Phi) is 5.57. The quantitative estimate of drug-likeness (QED) is 0.838. The van der Waals surface area contributed by atoms with E-state index in [1.165, 1.54) is 5.56 Å². The lowest BCUT2D eigenvalue weighted by atomic mass is 10.0. The minimum absolute atomic E-state index is 0.429. The Morgan fingerprint density at radius 3 is 2.90 bits per heavy atom. The van der Waals surface area contributed by atoms with E-state index in [0.29, 0.717) is 12.5 Å². The van der Waals surface area contributed by atoms with Crippen LogP contribution in [0, 0.1) is 0 Å². The summed E-state index contributed by atoms with van der Waals surface area (Å²) in [4.78, 5) is 4.53. The van der Waals surface area contributed by atoms with Crippen molar-refractivity contribution in [1.82, 2.24) is 10.3 Å². The van der Waals surface area contributed by atoms with Crippen LogP contribution in [0.5, 0.6) is 5.75 Å². The first-order valence-corrected chi connectivity index (χ1v) is 8.27. The van der Waals surface area contributed by atoms with Gasteiger partial charge in [0.1, 0.15) is 17.4 Å². The van der Waals surface area contributed by atoms with E-state index in [-0.39, 0.29) is 0 Å². The van der Waals surface area contributed by atoms with Gasteiger partial charge in [-0.1, -0.05) is 29.8 Å². The van der Waals surface area contributed by atoms with Crippen LogP contribution in [0.3, 0.4) is 0 Å². The molecule has 108 valence electrons. The maximum absolute atomic E-state index is 5.93. The Hall–Kier alpha value is -0.910. The van der Waals surface area contributed by atoms with Crippen molar-refractivity contribution >= 4 is 27.3 Å². The molecule has 5 heteroatoms. The third-order valence-electron chi connectivity index (χ3n) is 2.90. The number of ether oxygens (including phenoxy) is 1. The molecule has 0 atom stereocenters. The lowest BCUT2D eigenvalue weighted by Crippen LogP contribution is -2.05. The Bertz CT molecular complexity index is 569. The van der Waals surface area contributed by atoms with Crippen molar-refractivity contribution in [3.05, 3.63) is 44.3 Å². The average Bonchev–Trinajstić information content (AvgIpc) is 2.85. The van der Waals surface area contributed by atoms with Gasteiger partial charge in [-0.25, -0.2) is 4.98 Å². The summed E-state index contributed by atoms with van der Waals surface area (Å²) in [5, 5.41) is 6.25. The van der Waals surface area contributed by atoms with Crippen LogP contribution in [-0.2, 0) is 13.2 Å². The van der Waals surface area contributed by atoms with Crippen LogP contribution in [0.2, 0.25) is 0 Å². The second-order valence-electron chi connectivity index (χ2n) is 4.89. The van der Waals surface area contributed by atoms with Crippen molar-refractivity contribution < 1.29 is 4.74 Å². The first-order valence-electron chi connectivity index (χ1n) is 6.60. The van der Waals surface area contributed by atoms with Crippen molar-refractivity contribution in [3.63, 3.8) is 0 Å². The number of hydrogen-bond donors (Lipinski definition) is 1. The third kappa shape index (κ3) is 4.04. The first kappa shape index (κ1) is 15.5. The summed E-state index contributed by atoms with van der Waals surface area (Å²) in [6, 6.07) is 6.14. The smallest absolute Gasteiger partial charge is 0.131 e. The minimum atomic E-state index is 0.429. The number of nitrogens with one attached hydrogen (secondary N) is 1. The molecule has 0 spiro atoms. The highest BCUT2D eigenvalue weighted by Gasteiger charge is 2.09. The van der Waals surface area contributed by atoms with E-state index < -0.39 is 0 Å². The van der Waals surface area contributed by atoms with Crippen LogP contribution in [0.25, 0.3) is 0 Å². The molecule has 0 aliphatic carbocycles. The van der Waals surface area contributed by atoms with Gasteiger partial charge in [0, 0.05) is 16.4 Å². The fourth-order valence-corrected chi connectivity index (χ4v) is 3.07. The molecule has 1 heterocycles. The van der Waals surface area contributed by atoms with Crippen molar-refractivity contribution in [2.45, 2.75) is 32.9 Å². The lowest BCUT2D eigenvalue weighted by Gasteiger charge is -2.13. The van der Waals surface area contributed by atoms with Crippen molar-refractivity contribution in [2.24, 2.45) is 0 Å². The van der Waals surface area contributed by atoms with Crippen LogP contribution in [0.15, 0.2) is 28.1 Å². The van der Waals surface area contributed by atoms with Crippen LogP contribution in [0.4, 0.5) is 0 Å². The maximum atomic E-state index is 5.93. The molecule has 0 aliphatic rings. The lowest BCUT2D eigenvalue weighted by molar-refractivity contribution is 0.297. The highest BCUT2D eigenvalue weighted by Crippen LogP contribution is 2.30. The van der Waals surface area contributed by atoms with Gasteiger partial charge in [-0.05, 0) is 36.7 Å². The molecule has 1 aromatic heterocycles. The van der Waals surface area contributed by atoms with E-state index in [2.05, 4.69) is 51.5 Å². The standard InChI is InChI=1S/C15H19BrN2OS/c1-10(2)13-6-11(16)4-5-14(13)19-8-12-9-20-15(18-12)7-17-3/h4-6,9-10,17H,7-8H2,1-3H3. The number of thiazole rings is 1. The molecule has 0 fully saturated rings. The fourth-order valence-electron chi connectivity index (χ4n) is 1.90. The molecule has 0 unspecified atom stereocenters. The topological polar surface area (TPSA) is 34.2 Å². The predicted octanol–water partition coefficient (Wildman–Crippen LogP) is 4.33. The zero-order valence-electron chi connectivity index (χ0n) is 11.9. The molecule has 0 saturated carbocycles. The number of aromatic nitrogens is 1. The molecule has 0 amide bonds. The number of nitrogens with zero attached hydrogens (tertiary/aromatic N) is 1. The SMILES string of the molecule is CNCc1nc(COc2ccc(Br)cc2C(C)C)cs1. The summed E-state index contributed by atoms with van der Waals surface area (Å²) in [6.45, 7) is 5.66. The first-order chi connectivity index (χ1) is 9.60. The van der Waals surface area contributed by atoms with Gasteiger partial charge >= 0.3 is 0 Å². The second kappa shape index (κ2) is 7.20. The molecule has 3 nitrogen and oxygen atoms in total. The summed E-state index contributed by atoms with van der Waals surface area (Å²) in [5.74, 6) is 1.36. The van der Waals surface area contributed by atoms with Gasteiger partial charge in [-0.15, -0.1) is 11.3 Å². The zero-order valence-corrected chi connectivity index (χ0v) is 14.3. The molecule has 20 heavy (non-hydrogen) atoms. The molecule has 1 N–H and O–H groups in total. The van der Waals surface area contributed by atoms with E-state index in [1.54, 1.807) is 11.3 Å². The van der Waals surface area contributed by atoms with E-state index in [1.807, 2.05) is 19.2 Å². The van der Waals surface area contributed by atoms with Crippen molar-refractivity contribution in [2.75, 3.05) is 7.05 Å². The summed E-state index contributed by atoms with van der Waals surface area (Å²) in [7, 11) is 1.92. The molecule has 0 bridgehead atoms. The third-order valence-corrected chi connectivity index (χ3v) is 4.29. The van der Waals surface area contributed by atoms with Gasteiger partial charge in [0.2, 0.25) is 0 Å². The van der Waals surface area contributed by atoms with Crippen LogP contribution in [0.1, 0.15) is 36.0 Å². The van der Waals surface area contributed by atoms with Gasteiger partial charge in [0.15, 0.2) is 0 Å².